The van der Waals surface area contributed by atoms with Crippen LogP contribution in [-0.4, -0.2) is 16.3 Å². The van der Waals surface area contributed by atoms with Crippen molar-refractivity contribution < 1.29 is 0 Å². The van der Waals surface area contributed by atoms with Crippen LogP contribution in [0.5, 0.6) is 0 Å². The molecule has 1 aromatic heterocycles. The van der Waals surface area contributed by atoms with Crippen molar-refractivity contribution >= 4 is 23.4 Å². The number of aryl methyl sites for hydroxylation is 1. The van der Waals surface area contributed by atoms with Gasteiger partial charge in [-0.1, -0.05) is 36.4 Å². The Bertz CT molecular complexity index is 539. The molecule has 0 aliphatic rings. The summed E-state index contributed by atoms with van der Waals surface area (Å²) in [5, 5.41) is 8.32. The molecule has 102 valence electrons. The van der Waals surface area contributed by atoms with Gasteiger partial charge < -0.3 is 5.32 Å². The molecule has 0 spiro atoms. The van der Waals surface area contributed by atoms with E-state index in [0.717, 1.165) is 34.3 Å². The molecule has 0 fully saturated rings. The predicted octanol–water partition coefficient (Wildman–Crippen LogP) is 3.72. The lowest BCUT2D eigenvalue weighted by Gasteiger charge is -2.07. The Morgan fingerprint density at radius 2 is 2.26 bits per heavy atom. The molecule has 0 aliphatic heterocycles. The number of nitrogens with one attached hydrogen (secondary N) is 1. The topological polar surface area (TPSA) is 29.9 Å². The molecule has 5 heteroatoms. The minimum atomic E-state index is 0.796. The summed E-state index contributed by atoms with van der Waals surface area (Å²) in [7, 11) is 1.91. The van der Waals surface area contributed by atoms with E-state index in [2.05, 4.69) is 29.5 Å². The molecule has 0 radical (unpaired) electrons. The molecule has 0 unspecified atom stereocenters. The summed E-state index contributed by atoms with van der Waals surface area (Å²) >= 11 is 7.96. The Morgan fingerprint density at radius 1 is 1.42 bits per heavy atom. The van der Waals surface area contributed by atoms with Gasteiger partial charge in [0.1, 0.15) is 0 Å². The molecule has 1 aromatic carbocycles. The molecule has 0 bridgehead atoms. The summed E-state index contributed by atoms with van der Waals surface area (Å²) in [5.41, 5.74) is 1.22. The van der Waals surface area contributed by atoms with Crippen LogP contribution in [0.4, 0.5) is 0 Å². The molecule has 1 heterocycles. The van der Waals surface area contributed by atoms with E-state index in [9.17, 15) is 0 Å². The Hall–Kier alpha value is -0.970. The van der Waals surface area contributed by atoms with E-state index in [1.165, 1.54) is 5.56 Å². The largest absolute Gasteiger partial charge is 0.313 e. The van der Waals surface area contributed by atoms with Gasteiger partial charge in [0.2, 0.25) is 0 Å². The van der Waals surface area contributed by atoms with Gasteiger partial charge in [-0.25, -0.2) is 0 Å². The Kier molecular flexibility index (Phi) is 5.31. The SMILES string of the molecule is CCCNCc1ccc(Sc2cnn(C)c2)c(Cl)c1. The average Bonchev–Trinajstić information content (AvgIpc) is 2.79. The van der Waals surface area contributed by atoms with Crippen molar-refractivity contribution in [2.45, 2.75) is 29.7 Å². The average molecular weight is 296 g/mol. The minimum absolute atomic E-state index is 0.796. The van der Waals surface area contributed by atoms with Gasteiger partial charge in [-0.05, 0) is 30.7 Å². The van der Waals surface area contributed by atoms with Gasteiger partial charge in [-0.15, -0.1) is 0 Å². The summed E-state index contributed by atoms with van der Waals surface area (Å²) < 4.78 is 1.79. The van der Waals surface area contributed by atoms with Crippen LogP contribution in [0.1, 0.15) is 18.9 Å². The first kappa shape index (κ1) is 14.4. The maximum Gasteiger partial charge on any atom is 0.0629 e. The van der Waals surface area contributed by atoms with Crippen LogP contribution in [0.3, 0.4) is 0 Å². The molecular weight excluding hydrogens is 278 g/mol. The molecule has 0 saturated carbocycles. The van der Waals surface area contributed by atoms with Crippen LogP contribution in [0.25, 0.3) is 0 Å². The number of aromatic nitrogens is 2. The van der Waals surface area contributed by atoms with Gasteiger partial charge in [0.25, 0.3) is 0 Å². The lowest BCUT2D eigenvalue weighted by atomic mass is 10.2. The third-order valence-corrected chi connectivity index (χ3v) is 4.11. The molecule has 0 atom stereocenters. The van der Waals surface area contributed by atoms with E-state index in [-0.39, 0.29) is 0 Å². The maximum absolute atomic E-state index is 6.32. The Labute approximate surface area is 123 Å². The fourth-order valence-electron chi connectivity index (χ4n) is 1.73. The third-order valence-electron chi connectivity index (χ3n) is 2.66. The van der Waals surface area contributed by atoms with Crippen molar-refractivity contribution in [1.29, 1.82) is 0 Å². The van der Waals surface area contributed by atoms with Crippen molar-refractivity contribution in [2.75, 3.05) is 6.54 Å². The molecule has 2 rings (SSSR count). The molecule has 1 N–H and O–H groups in total. The summed E-state index contributed by atoms with van der Waals surface area (Å²) in [6.07, 6.45) is 4.97. The van der Waals surface area contributed by atoms with Gasteiger partial charge in [0.15, 0.2) is 0 Å². The van der Waals surface area contributed by atoms with Crippen molar-refractivity contribution in [1.82, 2.24) is 15.1 Å². The fraction of sp³-hybridized carbons (Fsp3) is 0.357. The standard InChI is InChI=1S/C14H18ClN3S/c1-3-6-16-8-11-4-5-14(13(15)7-11)19-12-9-17-18(2)10-12/h4-5,7,9-10,16H,3,6,8H2,1-2H3. The predicted molar refractivity (Wildman–Crippen MR) is 80.8 cm³/mol. The second-order valence-corrected chi connectivity index (χ2v) is 5.92. The lowest BCUT2D eigenvalue weighted by molar-refractivity contribution is 0.675. The van der Waals surface area contributed by atoms with Crippen LogP contribution in [0.15, 0.2) is 40.4 Å². The zero-order valence-electron chi connectivity index (χ0n) is 11.2. The number of benzene rings is 1. The first-order valence-electron chi connectivity index (χ1n) is 6.34. The van der Waals surface area contributed by atoms with Gasteiger partial charge in [-0.2, -0.15) is 5.10 Å². The highest BCUT2D eigenvalue weighted by atomic mass is 35.5. The molecular formula is C14H18ClN3S. The van der Waals surface area contributed by atoms with E-state index >= 15 is 0 Å². The van der Waals surface area contributed by atoms with Crippen LogP contribution in [-0.2, 0) is 13.6 Å². The van der Waals surface area contributed by atoms with E-state index in [1.807, 2.05) is 25.5 Å². The molecule has 19 heavy (non-hydrogen) atoms. The quantitative estimate of drug-likeness (QED) is 0.824. The number of rotatable bonds is 6. The second kappa shape index (κ2) is 6.98. The van der Waals surface area contributed by atoms with Gasteiger partial charge in [0.05, 0.1) is 16.1 Å². The van der Waals surface area contributed by atoms with E-state index in [0.29, 0.717) is 0 Å². The second-order valence-electron chi connectivity index (χ2n) is 4.39. The normalized spacial score (nSPS) is 10.9. The highest BCUT2D eigenvalue weighted by molar-refractivity contribution is 7.99. The maximum atomic E-state index is 6.32. The summed E-state index contributed by atoms with van der Waals surface area (Å²) in [5.74, 6) is 0. The van der Waals surface area contributed by atoms with Crippen molar-refractivity contribution in [3.8, 4) is 0 Å². The third kappa shape index (κ3) is 4.27. The molecule has 0 saturated heterocycles. The molecule has 0 amide bonds. The van der Waals surface area contributed by atoms with Crippen LogP contribution in [0.2, 0.25) is 5.02 Å². The number of hydrogen-bond acceptors (Lipinski definition) is 3. The van der Waals surface area contributed by atoms with Crippen molar-refractivity contribution in [2.24, 2.45) is 7.05 Å². The smallest absolute Gasteiger partial charge is 0.0629 e. The first-order valence-corrected chi connectivity index (χ1v) is 7.54. The number of nitrogens with zero attached hydrogens (tertiary/aromatic N) is 2. The van der Waals surface area contributed by atoms with Crippen LogP contribution in [0, 0.1) is 0 Å². The summed E-state index contributed by atoms with van der Waals surface area (Å²) in [6.45, 7) is 4.06. The summed E-state index contributed by atoms with van der Waals surface area (Å²) in [6, 6.07) is 6.22. The van der Waals surface area contributed by atoms with Crippen molar-refractivity contribution in [3.63, 3.8) is 0 Å². The van der Waals surface area contributed by atoms with Crippen molar-refractivity contribution in [3.05, 3.63) is 41.2 Å². The molecule has 3 nitrogen and oxygen atoms in total. The van der Waals surface area contributed by atoms with Crippen LogP contribution < -0.4 is 5.32 Å². The fourth-order valence-corrected chi connectivity index (χ4v) is 2.90. The van der Waals surface area contributed by atoms with Gasteiger partial charge >= 0.3 is 0 Å². The highest BCUT2D eigenvalue weighted by Crippen LogP contribution is 2.33. The summed E-state index contributed by atoms with van der Waals surface area (Å²) in [4.78, 5) is 2.16. The number of hydrogen-bond donors (Lipinski definition) is 1. The molecule has 2 aromatic rings. The zero-order chi connectivity index (χ0) is 13.7. The van der Waals surface area contributed by atoms with E-state index in [1.54, 1.807) is 16.4 Å². The highest BCUT2D eigenvalue weighted by Gasteiger charge is 2.05. The zero-order valence-corrected chi connectivity index (χ0v) is 12.8. The first-order chi connectivity index (χ1) is 9.19. The minimum Gasteiger partial charge on any atom is -0.313 e. The van der Waals surface area contributed by atoms with Gasteiger partial charge in [-0.3, -0.25) is 4.68 Å². The van der Waals surface area contributed by atoms with Gasteiger partial charge in [0, 0.05) is 24.7 Å². The Balaban J connectivity index is 2.02. The molecule has 0 aliphatic carbocycles. The Morgan fingerprint density at radius 3 is 2.89 bits per heavy atom. The van der Waals surface area contributed by atoms with E-state index < -0.39 is 0 Å². The lowest BCUT2D eigenvalue weighted by Crippen LogP contribution is -2.13. The van der Waals surface area contributed by atoms with Crippen LogP contribution >= 0.6 is 23.4 Å². The monoisotopic (exact) mass is 295 g/mol. The number of halogens is 1. The van der Waals surface area contributed by atoms with E-state index in [4.69, 9.17) is 11.6 Å².